The fourth-order valence-corrected chi connectivity index (χ4v) is 3.46. The zero-order valence-electron chi connectivity index (χ0n) is 9.17. The molecule has 0 aromatic carbocycles. The predicted molar refractivity (Wildman–Crippen MR) is 70.6 cm³/mol. The first kappa shape index (κ1) is 12.9. The molecule has 1 atom stereocenters. The second-order valence-corrected chi connectivity index (χ2v) is 6.20. The Hall–Kier alpha value is 0.790. The van der Waals surface area contributed by atoms with E-state index >= 15 is 0 Å². The summed E-state index contributed by atoms with van der Waals surface area (Å²) in [6.07, 6.45) is 4.08. The predicted octanol–water partition coefficient (Wildman–Crippen LogP) is 3.24. The summed E-state index contributed by atoms with van der Waals surface area (Å²) < 4.78 is 0. The summed E-state index contributed by atoms with van der Waals surface area (Å²) in [5.74, 6) is 3.59. The van der Waals surface area contributed by atoms with Gasteiger partial charge in [-0.1, -0.05) is 22.9 Å². The minimum atomic E-state index is 0.880. The molecule has 14 heavy (non-hydrogen) atoms. The molecule has 0 aromatic heterocycles. The maximum Gasteiger partial charge on any atom is 0.00723 e. The molecule has 1 rings (SSSR count). The van der Waals surface area contributed by atoms with Crippen LogP contribution in [0.5, 0.6) is 0 Å². The van der Waals surface area contributed by atoms with Crippen LogP contribution in [-0.2, 0) is 0 Å². The summed E-state index contributed by atoms with van der Waals surface area (Å²) in [7, 11) is 0. The lowest BCUT2D eigenvalue weighted by atomic mass is 10.1. The van der Waals surface area contributed by atoms with Gasteiger partial charge in [-0.25, -0.2) is 0 Å². The Balaban J connectivity index is 2.09. The summed E-state index contributed by atoms with van der Waals surface area (Å²) >= 11 is 5.63. The smallest absolute Gasteiger partial charge is 0.00723 e. The zero-order chi connectivity index (χ0) is 10.2. The van der Waals surface area contributed by atoms with Gasteiger partial charge >= 0.3 is 0 Å². The average Bonchev–Trinajstić information content (AvgIpc) is 2.43. The number of thioether (sulfide) groups is 1. The highest BCUT2D eigenvalue weighted by Gasteiger charge is 2.10. The molecule has 0 spiro atoms. The lowest BCUT2D eigenvalue weighted by Gasteiger charge is -2.21. The largest absolute Gasteiger partial charge is 0.302 e. The highest BCUT2D eigenvalue weighted by atomic mass is 79.9. The highest BCUT2D eigenvalue weighted by Crippen LogP contribution is 2.13. The van der Waals surface area contributed by atoms with E-state index in [0.29, 0.717) is 0 Å². The van der Waals surface area contributed by atoms with Crippen molar-refractivity contribution in [2.45, 2.75) is 26.2 Å². The Bertz CT molecular complexity index is 135. The number of alkyl halides is 1. The molecule has 1 heterocycles. The third-order valence-electron chi connectivity index (χ3n) is 2.85. The Kier molecular flexibility index (Phi) is 7.35. The first-order chi connectivity index (χ1) is 6.83. The topological polar surface area (TPSA) is 3.24 Å². The van der Waals surface area contributed by atoms with Crippen LogP contribution in [0.3, 0.4) is 0 Å². The van der Waals surface area contributed by atoms with E-state index in [1.54, 1.807) is 0 Å². The number of rotatable bonds is 5. The van der Waals surface area contributed by atoms with Gasteiger partial charge in [-0.05, 0) is 44.0 Å². The molecule has 1 unspecified atom stereocenters. The molecule has 0 bridgehead atoms. The standard InChI is InChI=1S/C11H22BrNS/c1-11(3-5-12)4-7-13-6-2-9-14-10-8-13/h11H,2-10H2,1H3. The summed E-state index contributed by atoms with van der Waals surface area (Å²) in [6, 6.07) is 0. The van der Waals surface area contributed by atoms with Crippen molar-refractivity contribution in [2.24, 2.45) is 5.92 Å². The molecule has 0 saturated carbocycles. The minimum absolute atomic E-state index is 0.880. The first-order valence-electron chi connectivity index (χ1n) is 5.69. The van der Waals surface area contributed by atoms with E-state index in [2.05, 4.69) is 39.5 Å². The summed E-state index contributed by atoms with van der Waals surface area (Å²) in [5, 5.41) is 1.16. The molecule has 84 valence electrons. The second kappa shape index (κ2) is 8.00. The molecule has 0 aromatic rings. The number of hydrogen-bond acceptors (Lipinski definition) is 2. The Morgan fingerprint density at radius 2 is 2.14 bits per heavy atom. The van der Waals surface area contributed by atoms with Crippen LogP contribution in [-0.4, -0.2) is 41.4 Å². The van der Waals surface area contributed by atoms with Crippen molar-refractivity contribution >= 4 is 27.7 Å². The van der Waals surface area contributed by atoms with E-state index in [9.17, 15) is 0 Å². The quantitative estimate of drug-likeness (QED) is 0.711. The van der Waals surface area contributed by atoms with Crippen LogP contribution in [0.15, 0.2) is 0 Å². The number of hydrogen-bond donors (Lipinski definition) is 0. The van der Waals surface area contributed by atoms with Crippen molar-refractivity contribution in [3.05, 3.63) is 0 Å². The Labute approximate surface area is 101 Å². The van der Waals surface area contributed by atoms with E-state index in [-0.39, 0.29) is 0 Å². The fourth-order valence-electron chi connectivity index (χ4n) is 1.75. The number of halogens is 1. The zero-order valence-corrected chi connectivity index (χ0v) is 11.6. The Morgan fingerprint density at radius 3 is 2.93 bits per heavy atom. The first-order valence-corrected chi connectivity index (χ1v) is 7.96. The molecule has 0 amide bonds. The van der Waals surface area contributed by atoms with Gasteiger partial charge in [0.2, 0.25) is 0 Å². The third-order valence-corrected chi connectivity index (χ3v) is 4.36. The maximum absolute atomic E-state index is 3.51. The minimum Gasteiger partial charge on any atom is -0.302 e. The van der Waals surface area contributed by atoms with E-state index in [0.717, 1.165) is 11.2 Å². The van der Waals surface area contributed by atoms with Crippen molar-refractivity contribution in [3.8, 4) is 0 Å². The van der Waals surface area contributed by atoms with E-state index in [4.69, 9.17) is 0 Å². The van der Waals surface area contributed by atoms with Crippen molar-refractivity contribution in [1.82, 2.24) is 4.90 Å². The summed E-state index contributed by atoms with van der Waals surface area (Å²) in [4.78, 5) is 2.64. The molecular weight excluding hydrogens is 258 g/mol. The fraction of sp³-hybridized carbons (Fsp3) is 1.00. The molecule has 0 N–H and O–H groups in total. The van der Waals surface area contributed by atoms with Crippen molar-refractivity contribution in [3.63, 3.8) is 0 Å². The van der Waals surface area contributed by atoms with Gasteiger partial charge < -0.3 is 4.90 Å². The van der Waals surface area contributed by atoms with Crippen LogP contribution >= 0.6 is 27.7 Å². The van der Waals surface area contributed by atoms with Crippen LogP contribution in [0.1, 0.15) is 26.2 Å². The monoisotopic (exact) mass is 279 g/mol. The SMILES string of the molecule is CC(CCBr)CCN1CCCSCC1. The molecule has 1 saturated heterocycles. The summed E-state index contributed by atoms with van der Waals surface area (Å²) in [5.41, 5.74) is 0. The van der Waals surface area contributed by atoms with Gasteiger partial charge in [0.25, 0.3) is 0 Å². The van der Waals surface area contributed by atoms with Crippen LogP contribution in [0, 0.1) is 5.92 Å². The lowest BCUT2D eigenvalue weighted by molar-refractivity contribution is 0.271. The van der Waals surface area contributed by atoms with Crippen molar-refractivity contribution < 1.29 is 0 Å². The van der Waals surface area contributed by atoms with Crippen LogP contribution in [0.4, 0.5) is 0 Å². The van der Waals surface area contributed by atoms with Gasteiger partial charge in [-0.3, -0.25) is 0 Å². The molecular formula is C11H22BrNS. The van der Waals surface area contributed by atoms with E-state index in [1.165, 1.54) is 50.4 Å². The van der Waals surface area contributed by atoms with Gasteiger partial charge in [-0.2, -0.15) is 11.8 Å². The van der Waals surface area contributed by atoms with E-state index < -0.39 is 0 Å². The molecule has 3 heteroatoms. The van der Waals surface area contributed by atoms with Crippen LogP contribution in [0.2, 0.25) is 0 Å². The van der Waals surface area contributed by atoms with Gasteiger partial charge in [0.05, 0.1) is 0 Å². The van der Waals surface area contributed by atoms with Gasteiger partial charge in [0, 0.05) is 17.6 Å². The normalized spacial score (nSPS) is 21.9. The average molecular weight is 280 g/mol. The van der Waals surface area contributed by atoms with Gasteiger partial charge in [0.1, 0.15) is 0 Å². The molecule has 1 fully saturated rings. The van der Waals surface area contributed by atoms with Gasteiger partial charge in [0.15, 0.2) is 0 Å². The van der Waals surface area contributed by atoms with Crippen LogP contribution in [0.25, 0.3) is 0 Å². The third kappa shape index (κ3) is 5.62. The van der Waals surface area contributed by atoms with Crippen molar-refractivity contribution in [2.75, 3.05) is 36.5 Å². The van der Waals surface area contributed by atoms with Crippen molar-refractivity contribution in [1.29, 1.82) is 0 Å². The summed E-state index contributed by atoms with van der Waals surface area (Å²) in [6.45, 7) is 6.32. The maximum atomic E-state index is 3.51. The van der Waals surface area contributed by atoms with Gasteiger partial charge in [-0.15, -0.1) is 0 Å². The van der Waals surface area contributed by atoms with E-state index in [1.807, 2.05) is 0 Å². The van der Waals surface area contributed by atoms with Crippen LogP contribution < -0.4 is 0 Å². The Morgan fingerprint density at radius 1 is 1.29 bits per heavy atom. The highest BCUT2D eigenvalue weighted by molar-refractivity contribution is 9.09. The molecule has 0 aliphatic carbocycles. The molecule has 0 radical (unpaired) electrons. The molecule has 1 aliphatic rings. The molecule has 1 nitrogen and oxygen atoms in total. The second-order valence-electron chi connectivity index (χ2n) is 4.18. The number of nitrogens with zero attached hydrogens (tertiary/aromatic N) is 1. The lowest BCUT2D eigenvalue weighted by Crippen LogP contribution is -2.28. The molecule has 1 aliphatic heterocycles.